The first-order valence-corrected chi connectivity index (χ1v) is 12.2. The number of carbonyl (C=O) groups is 1. The van der Waals surface area contributed by atoms with Gasteiger partial charge in [0.1, 0.15) is 0 Å². The molecule has 0 aliphatic heterocycles. The summed E-state index contributed by atoms with van der Waals surface area (Å²) in [7, 11) is 0. The van der Waals surface area contributed by atoms with Crippen LogP contribution >= 0.6 is 31.9 Å². The van der Waals surface area contributed by atoms with Crippen LogP contribution in [-0.4, -0.2) is 20.7 Å². The fourth-order valence-electron chi connectivity index (χ4n) is 3.71. The molecule has 1 heterocycles. The smallest absolute Gasteiger partial charge is 0.295 e. The number of benzene rings is 3. The first-order valence-electron chi connectivity index (χ1n) is 10.6. The average Bonchev–Trinajstić information content (AvgIpc) is 3.20. The Hall–Kier alpha value is -2.77. The summed E-state index contributed by atoms with van der Waals surface area (Å²) >= 11 is 6.99. The standard InChI is InChI=1S/C26H24Br2N4O/c1-15(2)21-14-20(28)10-11-22(21)29-26(33)24-30-25(18-6-8-19(27)9-7-18)32(31-24)23-12-5-16(3)13-17(23)4/h5-15H,1-4H3,(H,29,33). The number of carbonyl (C=O) groups excluding carboxylic acids is 1. The summed E-state index contributed by atoms with van der Waals surface area (Å²) in [6, 6.07) is 19.8. The van der Waals surface area contributed by atoms with Crippen LogP contribution in [0.1, 0.15) is 47.1 Å². The van der Waals surface area contributed by atoms with Gasteiger partial charge in [-0.1, -0.05) is 75.5 Å². The zero-order chi connectivity index (χ0) is 23.7. The van der Waals surface area contributed by atoms with E-state index in [0.717, 1.165) is 42.6 Å². The van der Waals surface area contributed by atoms with Crippen LogP contribution in [0.3, 0.4) is 0 Å². The second-order valence-corrected chi connectivity index (χ2v) is 10.1. The Balaban J connectivity index is 1.78. The third-order valence-corrected chi connectivity index (χ3v) is 6.40. The molecule has 7 heteroatoms. The Morgan fingerprint density at radius 2 is 1.64 bits per heavy atom. The number of nitrogens with zero attached hydrogens (tertiary/aromatic N) is 3. The molecule has 0 aliphatic carbocycles. The van der Waals surface area contributed by atoms with Crippen molar-refractivity contribution in [2.24, 2.45) is 0 Å². The molecule has 0 radical (unpaired) electrons. The number of rotatable bonds is 5. The monoisotopic (exact) mass is 566 g/mol. The first-order chi connectivity index (χ1) is 15.7. The van der Waals surface area contributed by atoms with Gasteiger partial charge in [0.05, 0.1) is 5.69 Å². The highest BCUT2D eigenvalue weighted by Crippen LogP contribution is 2.29. The van der Waals surface area contributed by atoms with Crippen molar-refractivity contribution in [3.05, 3.63) is 92.1 Å². The molecule has 1 N–H and O–H groups in total. The van der Waals surface area contributed by atoms with Crippen LogP contribution in [-0.2, 0) is 0 Å². The van der Waals surface area contributed by atoms with E-state index in [0.29, 0.717) is 5.82 Å². The highest BCUT2D eigenvalue weighted by atomic mass is 79.9. The van der Waals surface area contributed by atoms with Gasteiger partial charge in [0.25, 0.3) is 5.91 Å². The Morgan fingerprint density at radius 3 is 2.30 bits per heavy atom. The predicted octanol–water partition coefficient (Wildman–Crippen LogP) is 7.45. The fraction of sp³-hybridized carbons (Fsp3) is 0.192. The highest BCUT2D eigenvalue weighted by molar-refractivity contribution is 9.10. The summed E-state index contributed by atoms with van der Waals surface area (Å²) < 4.78 is 3.69. The minimum atomic E-state index is -0.346. The zero-order valence-corrected chi connectivity index (χ0v) is 22.0. The maximum absolute atomic E-state index is 13.2. The maximum atomic E-state index is 13.2. The topological polar surface area (TPSA) is 59.8 Å². The van der Waals surface area contributed by atoms with Crippen LogP contribution in [0.25, 0.3) is 17.1 Å². The third kappa shape index (κ3) is 5.09. The van der Waals surface area contributed by atoms with Gasteiger partial charge in [0.15, 0.2) is 5.82 Å². The third-order valence-electron chi connectivity index (χ3n) is 5.38. The summed E-state index contributed by atoms with van der Waals surface area (Å²) in [6.07, 6.45) is 0. The molecule has 4 aromatic rings. The fourth-order valence-corrected chi connectivity index (χ4v) is 4.35. The van der Waals surface area contributed by atoms with Gasteiger partial charge in [-0.2, -0.15) is 0 Å². The van der Waals surface area contributed by atoms with E-state index in [1.54, 1.807) is 4.68 Å². The van der Waals surface area contributed by atoms with Crippen molar-refractivity contribution < 1.29 is 4.79 Å². The minimum absolute atomic E-state index is 0.116. The summed E-state index contributed by atoms with van der Waals surface area (Å²) in [5.74, 6) is 0.628. The van der Waals surface area contributed by atoms with Crippen LogP contribution in [0.15, 0.2) is 69.6 Å². The van der Waals surface area contributed by atoms with Crippen LogP contribution in [0.4, 0.5) is 5.69 Å². The van der Waals surface area contributed by atoms with Crippen LogP contribution in [0.2, 0.25) is 0 Å². The summed E-state index contributed by atoms with van der Waals surface area (Å²) in [6.45, 7) is 8.27. The van der Waals surface area contributed by atoms with Gasteiger partial charge < -0.3 is 5.32 Å². The number of nitrogens with one attached hydrogen (secondary N) is 1. The molecule has 0 unspecified atom stereocenters. The second kappa shape index (κ2) is 9.61. The first kappa shape index (κ1) is 23.4. The number of hydrogen-bond donors (Lipinski definition) is 1. The number of aromatic nitrogens is 3. The number of aryl methyl sites for hydroxylation is 2. The summed E-state index contributed by atoms with van der Waals surface area (Å²) in [5, 5.41) is 7.64. The quantitative estimate of drug-likeness (QED) is 0.272. The van der Waals surface area contributed by atoms with Gasteiger partial charge in [0, 0.05) is 20.2 Å². The largest absolute Gasteiger partial charge is 0.319 e. The lowest BCUT2D eigenvalue weighted by atomic mass is 10.0. The van der Waals surface area contributed by atoms with Gasteiger partial charge in [-0.05, 0) is 67.3 Å². The Labute approximate surface area is 210 Å². The van der Waals surface area contributed by atoms with Crippen molar-refractivity contribution in [1.29, 1.82) is 0 Å². The summed E-state index contributed by atoms with van der Waals surface area (Å²) in [5.41, 5.74) is 5.77. The SMILES string of the molecule is Cc1ccc(-n2nc(C(=O)Nc3ccc(Br)cc3C(C)C)nc2-c2ccc(Br)cc2)c(C)c1. The molecule has 5 nitrogen and oxygen atoms in total. The molecule has 0 saturated carbocycles. The lowest BCUT2D eigenvalue weighted by Crippen LogP contribution is -2.16. The lowest BCUT2D eigenvalue weighted by Gasteiger charge is -2.13. The minimum Gasteiger partial charge on any atom is -0.319 e. The van der Waals surface area contributed by atoms with E-state index >= 15 is 0 Å². The molecule has 1 aromatic heterocycles. The number of halogens is 2. The van der Waals surface area contributed by atoms with E-state index in [2.05, 4.69) is 74.1 Å². The van der Waals surface area contributed by atoms with E-state index < -0.39 is 0 Å². The molecule has 1 amide bonds. The summed E-state index contributed by atoms with van der Waals surface area (Å²) in [4.78, 5) is 17.9. The van der Waals surface area contributed by atoms with Gasteiger partial charge in [-0.25, -0.2) is 9.67 Å². The van der Waals surface area contributed by atoms with Crippen molar-refractivity contribution >= 4 is 43.5 Å². The van der Waals surface area contributed by atoms with Crippen LogP contribution < -0.4 is 5.32 Å². The number of anilines is 1. The number of amides is 1. The zero-order valence-electron chi connectivity index (χ0n) is 18.9. The van der Waals surface area contributed by atoms with E-state index in [4.69, 9.17) is 0 Å². The van der Waals surface area contributed by atoms with Gasteiger partial charge in [-0.15, -0.1) is 5.10 Å². The number of hydrogen-bond acceptors (Lipinski definition) is 3. The molecule has 0 bridgehead atoms. The van der Waals surface area contributed by atoms with Crippen LogP contribution in [0, 0.1) is 13.8 Å². The van der Waals surface area contributed by atoms with Crippen molar-refractivity contribution in [2.45, 2.75) is 33.6 Å². The molecule has 0 atom stereocenters. The second-order valence-electron chi connectivity index (χ2n) is 8.31. The molecule has 33 heavy (non-hydrogen) atoms. The van der Waals surface area contributed by atoms with E-state index in [1.165, 1.54) is 0 Å². The van der Waals surface area contributed by atoms with E-state index in [1.807, 2.05) is 61.5 Å². The van der Waals surface area contributed by atoms with Gasteiger partial charge in [-0.3, -0.25) is 4.79 Å². The Kier molecular flexibility index (Phi) is 6.81. The molecule has 0 spiro atoms. The van der Waals surface area contributed by atoms with Crippen molar-refractivity contribution in [1.82, 2.24) is 14.8 Å². The lowest BCUT2D eigenvalue weighted by molar-refractivity contribution is 0.101. The molecule has 168 valence electrons. The molecule has 0 fully saturated rings. The highest BCUT2D eigenvalue weighted by Gasteiger charge is 2.21. The van der Waals surface area contributed by atoms with Crippen LogP contribution in [0.5, 0.6) is 0 Å². The van der Waals surface area contributed by atoms with E-state index in [9.17, 15) is 4.79 Å². The maximum Gasteiger partial charge on any atom is 0.295 e. The van der Waals surface area contributed by atoms with Gasteiger partial charge >= 0.3 is 0 Å². The van der Waals surface area contributed by atoms with Crippen molar-refractivity contribution in [3.8, 4) is 17.1 Å². The van der Waals surface area contributed by atoms with E-state index in [-0.39, 0.29) is 17.6 Å². The molecule has 3 aromatic carbocycles. The molecular weight excluding hydrogens is 544 g/mol. The average molecular weight is 568 g/mol. The van der Waals surface area contributed by atoms with Crippen molar-refractivity contribution in [3.63, 3.8) is 0 Å². The Morgan fingerprint density at radius 1 is 0.939 bits per heavy atom. The molecule has 4 rings (SSSR count). The predicted molar refractivity (Wildman–Crippen MR) is 140 cm³/mol. The normalized spacial score (nSPS) is 11.1. The van der Waals surface area contributed by atoms with Gasteiger partial charge in [0.2, 0.25) is 5.82 Å². The molecular formula is C26H24Br2N4O. The molecule has 0 saturated heterocycles. The molecule has 0 aliphatic rings. The Bertz CT molecular complexity index is 1330. The van der Waals surface area contributed by atoms with Crippen molar-refractivity contribution in [2.75, 3.05) is 5.32 Å².